The van der Waals surface area contributed by atoms with Crippen molar-refractivity contribution in [1.29, 1.82) is 0 Å². The summed E-state index contributed by atoms with van der Waals surface area (Å²) in [5.41, 5.74) is 5.19. The number of ether oxygens (including phenoxy) is 2. The van der Waals surface area contributed by atoms with E-state index in [2.05, 4.69) is 11.0 Å². The van der Waals surface area contributed by atoms with Gasteiger partial charge >= 0.3 is 0 Å². The first-order valence-corrected chi connectivity index (χ1v) is 4.97. The zero-order chi connectivity index (χ0) is 10.1. The normalized spacial score (nSPS) is 20.8. The van der Waals surface area contributed by atoms with Gasteiger partial charge in [-0.15, -0.1) is 0 Å². The highest BCUT2D eigenvalue weighted by Crippen LogP contribution is 2.30. The van der Waals surface area contributed by atoms with Crippen molar-refractivity contribution in [2.75, 3.05) is 13.3 Å². The summed E-state index contributed by atoms with van der Waals surface area (Å²) in [5.74, 6) is 0.869. The average Bonchev–Trinajstić information content (AvgIpc) is 3.14. The maximum atomic E-state index is 5.48. The standard InChI is InChI=1S/C12H11NO2/c1-5-11(15-8-13-10-3-4-10)6-2-9(1)12-7-14-12/h1-3,5-6,12-13H,7-8H2. The Morgan fingerprint density at radius 2 is 2.13 bits per heavy atom. The largest absolute Gasteiger partial charge is 0.473 e. The van der Waals surface area contributed by atoms with Crippen LogP contribution in [-0.2, 0) is 4.74 Å². The molecule has 1 saturated heterocycles. The van der Waals surface area contributed by atoms with Crippen LogP contribution in [-0.4, -0.2) is 13.3 Å². The molecule has 2 aliphatic rings. The summed E-state index contributed by atoms with van der Waals surface area (Å²) in [4.78, 5) is 0. The molecular weight excluding hydrogens is 190 g/mol. The summed E-state index contributed by atoms with van der Waals surface area (Å²) in [7, 11) is 0. The lowest BCUT2D eigenvalue weighted by Crippen LogP contribution is -2.15. The lowest BCUT2D eigenvalue weighted by atomic mass is 10.2. The van der Waals surface area contributed by atoms with Gasteiger partial charge in [-0.3, -0.25) is 0 Å². The predicted molar refractivity (Wildman–Crippen MR) is 55.4 cm³/mol. The van der Waals surface area contributed by atoms with E-state index in [9.17, 15) is 0 Å². The minimum absolute atomic E-state index is 0.318. The molecule has 1 aliphatic carbocycles. The summed E-state index contributed by atoms with van der Waals surface area (Å²) in [5, 5.41) is 3.06. The molecule has 0 bridgehead atoms. The zero-order valence-corrected chi connectivity index (χ0v) is 8.19. The maximum absolute atomic E-state index is 5.48. The predicted octanol–water partition coefficient (Wildman–Crippen LogP) is 1.74. The number of hydrogen-bond acceptors (Lipinski definition) is 3. The third-order valence-electron chi connectivity index (χ3n) is 2.38. The number of nitrogens with one attached hydrogen (secondary N) is 1. The highest BCUT2D eigenvalue weighted by Gasteiger charge is 2.24. The van der Waals surface area contributed by atoms with Gasteiger partial charge in [0.1, 0.15) is 11.9 Å². The van der Waals surface area contributed by atoms with Crippen molar-refractivity contribution < 1.29 is 9.47 Å². The van der Waals surface area contributed by atoms with Crippen LogP contribution in [0.5, 0.6) is 5.75 Å². The third kappa shape index (κ3) is 2.21. The Morgan fingerprint density at radius 3 is 2.73 bits per heavy atom. The molecule has 0 amide bonds. The van der Waals surface area contributed by atoms with Crippen LogP contribution in [0.3, 0.4) is 0 Å². The minimum Gasteiger partial charge on any atom is -0.473 e. The fraction of sp³-hybridized carbons (Fsp3) is 0.250. The molecule has 76 valence electrons. The molecule has 3 nitrogen and oxygen atoms in total. The van der Waals surface area contributed by atoms with Gasteiger partial charge in [0.25, 0.3) is 0 Å². The quantitative estimate of drug-likeness (QED) is 0.447. The first-order chi connectivity index (χ1) is 7.42. The summed E-state index contributed by atoms with van der Waals surface area (Å²) >= 11 is 0. The van der Waals surface area contributed by atoms with E-state index in [0.717, 1.165) is 18.1 Å². The Balaban J connectivity index is 1.52. The van der Waals surface area contributed by atoms with E-state index >= 15 is 0 Å². The van der Waals surface area contributed by atoms with Gasteiger partial charge in [0.15, 0.2) is 6.73 Å². The van der Waals surface area contributed by atoms with Crippen molar-refractivity contribution in [3.05, 3.63) is 47.3 Å². The van der Waals surface area contributed by atoms with Gasteiger partial charge in [-0.25, -0.2) is 0 Å². The molecule has 1 unspecified atom stereocenters. The van der Waals surface area contributed by atoms with Crippen LogP contribution in [0.25, 0.3) is 0 Å². The third-order valence-corrected chi connectivity index (χ3v) is 2.38. The van der Waals surface area contributed by atoms with E-state index in [1.165, 1.54) is 5.56 Å². The zero-order valence-electron chi connectivity index (χ0n) is 8.19. The van der Waals surface area contributed by atoms with Gasteiger partial charge in [0, 0.05) is 6.08 Å². The van der Waals surface area contributed by atoms with Gasteiger partial charge in [-0.1, -0.05) is 17.9 Å². The summed E-state index contributed by atoms with van der Waals surface area (Å²) < 4.78 is 10.7. The van der Waals surface area contributed by atoms with Crippen molar-refractivity contribution in [3.8, 4) is 5.75 Å². The summed E-state index contributed by atoms with van der Waals surface area (Å²) in [6.45, 7) is 1.33. The highest BCUT2D eigenvalue weighted by atomic mass is 16.6. The first-order valence-electron chi connectivity index (χ1n) is 4.97. The van der Waals surface area contributed by atoms with Crippen molar-refractivity contribution in [3.63, 3.8) is 0 Å². The maximum Gasteiger partial charge on any atom is 0.159 e. The molecule has 1 atom stereocenters. The van der Waals surface area contributed by atoms with E-state index < -0.39 is 0 Å². The lowest BCUT2D eigenvalue weighted by Gasteiger charge is -2.06. The van der Waals surface area contributed by atoms with Crippen LogP contribution >= 0.6 is 0 Å². The number of rotatable bonds is 5. The lowest BCUT2D eigenvalue weighted by molar-refractivity contribution is 0.300. The van der Waals surface area contributed by atoms with Crippen molar-refractivity contribution >= 4 is 0 Å². The molecule has 0 spiro atoms. The van der Waals surface area contributed by atoms with Gasteiger partial charge in [-0.05, 0) is 17.7 Å². The number of epoxide rings is 1. The summed E-state index contributed by atoms with van der Waals surface area (Å²) in [6.07, 6.45) is 2.20. The van der Waals surface area contributed by atoms with Crippen molar-refractivity contribution in [1.82, 2.24) is 5.32 Å². The van der Waals surface area contributed by atoms with Crippen LogP contribution in [0.4, 0.5) is 0 Å². The second kappa shape index (κ2) is 3.46. The van der Waals surface area contributed by atoms with Crippen LogP contribution in [0, 0.1) is 0 Å². The van der Waals surface area contributed by atoms with Gasteiger partial charge in [0.2, 0.25) is 0 Å². The molecule has 1 aromatic carbocycles. The van der Waals surface area contributed by atoms with Crippen LogP contribution in [0.15, 0.2) is 41.8 Å². The monoisotopic (exact) mass is 201 g/mol. The van der Waals surface area contributed by atoms with Crippen molar-refractivity contribution in [2.24, 2.45) is 0 Å². The molecule has 0 aromatic heterocycles. The fourth-order valence-corrected chi connectivity index (χ4v) is 1.35. The Hall–Kier alpha value is -1.70. The average molecular weight is 201 g/mol. The van der Waals surface area contributed by atoms with Crippen LogP contribution in [0.1, 0.15) is 11.7 Å². The van der Waals surface area contributed by atoms with Crippen LogP contribution < -0.4 is 10.1 Å². The molecule has 1 aliphatic heterocycles. The molecule has 1 fully saturated rings. The second-order valence-corrected chi connectivity index (χ2v) is 3.56. The molecule has 3 rings (SSSR count). The topological polar surface area (TPSA) is 33.8 Å². The molecular formula is C12H11NO2. The smallest absolute Gasteiger partial charge is 0.159 e. The summed E-state index contributed by atoms with van der Waals surface area (Å²) in [6, 6.07) is 8.02. The number of benzene rings is 1. The minimum atomic E-state index is 0.318. The molecule has 0 saturated carbocycles. The Kier molecular flexibility index (Phi) is 1.98. The Morgan fingerprint density at radius 1 is 1.40 bits per heavy atom. The van der Waals surface area contributed by atoms with E-state index in [1.807, 2.05) is 30.3 Å². The molecule has 3 heteroatoms. The first kappa shape index (κ1) is 8.60. The second-order valence-electron chi connectivity index (χ2n) is 3.56. The fourth-order valence-electron chi connectivity index (χ4n) is 1.35. The van der Waals surface area contributed by atoms with Gasteiger partial charge in [-0.2, -0.15) is 0 Å². The molecule has 0 radical (unpaired) electrons. The van der Waals surface area contributed by atoms with Gasteiger partial charge < -0.3 is 14.8 Å². The van der Waals surface area contributed by atoms with E-state index in [1.54, 1.807) is 0 Å². The number of hydrogen-bond donors (Lipinski definition) is 1. The Bertz CT molecular complexity index is 425. The van der Waals surface area contributed by atoms with E-state index in [-0.39, 0.29) is 0 Å². The molecule has 1 heterocycles. The Labute approximate surface area is 88.0 Å². The SMILES string of the molecule is C1=CC=1NCOc1ccc(C2CO2)cc1. The molecule has 1 N–H and O–H groups in total. The highest BCUT2D eigenvalue weighted by molar-refractivity contribution is 5.31. The van der Waals surface area contributed by atoms with E-state index in [0.29, 0.717) is 12.8 Å². The van der Waals surface area contributed by atoms with Gasteiger partial charge in [0.05, 0.1) is 12.3 Å². The van der Waals surface area contributed by atoms with E-state index in [4.69, 9.17) is 9.47 Å². The molecule has 1 aromatic rings. The van der Waals surface area contributed by atoms with Crippen molar-refractivity contribution in [2.45, 2.75) is 6.10 Å². The molecule has 15 heavy (non-hydrogen) atoms. The van der Waals surface area contributed by atoms with Crippen LogP contribution in [0.2, 0.25) is 0 Å².